The largest absolute Gasteiger partial charge is 0.338 e. The summed E-state index contributed by atoms with van der Waals surface area (Å²) >= 11 is 0. The summed E-state index contributed by atoms with van der Waals surface area (Å²) in [5, 5.41) is 8.68. The molecular formula is C15H16N2O. The van der Waals surface area contributed by atoms with Gasteiger partial charge in [0.1, 0.15) is 0 Å². The second-order valence-electron chi connectivity index (χ2n) is 5.13. The predicted molar refractivity (Wildman–Crippen MR) is 67.9 cm³/mol. The van der Waals surface area contributed by atoms with Crippen LogP contribution in [-0.4, -0.2) is 23.4 Å². The molecule has 0 aromatic heterocycles. The highest BCUT2D eigenvalue weighted by atomic mass is 16.2. The van der Waals surface area contributed by atoms with Crippen molar-refractivity contribution in [3.8, 4) is 6.07 Å². The lowest BCUT2D eigenvalue weighted by Gasteiger charge is -2.34. The molecule has 1 aromatic carbocycles. The second-order valence-corrected chi connectivity index (χ2v) is 5.13. The van der Waals surface area contributed by atoms with E-state index in [-0.39, 0.29) is 11.8 Å². The Morgan fingerprint density at radius 3 is 2.83 bits per heavy atom. The Bertz CT molecular complexity index is 513. The molecular weight excluding hydrogens is 224 g/mol. The van der Waals surface area contributed by atoms with Gasteiger partial charge in [0.15, 0.2) is 0 Å². The molecule has 18 heavy (non-hydrogen) atoms. The lowest BCUT2D eigenvalue weighted by atomic mass is 9.77. The van der Waals surface area contributed by atoms with Gasteiger partial charge >= 0.3 is 0 Å². The molecule has 0 spiro atoms. The van der Waals surface area contributed by atoms with Crippen LogP contribution in [0.4, 0.5) is 0 Å². The van der Waals surface area contributed by atoms with Gasteiger partial charge in [-0.2, -0.15) is 5.26 Å². The number of amides is 1. The molecule has 0 bridgehead atoms. The Kier molecular flexibility index (Phi) is 2.79. The Hall–Kier alpha value is -1.82. The Balaban J connectivity index is 1.73. The van der Waals surface area contributed by atoms with Crippen molar-refractivity contribution in [1.29, 1.82) is 5.26 Å². The zero-order valence-corrected chi connectivity index (χ0v) is 10.3. The number of rotatable bonds is 4. The summed E-state index contributed by atoms with van der Waals surface area (Å²) in [6, 6.07) is 10.7. The molecule has 3 rings (SSSR count). The van der Waals surface area contributed by atoms with E-state index < -0.39 is 0 Å². The zero-order valence-electron chi connectivity index (χ0n) is 10.3. The quantitative estimate of drug-likeness (QED) is 0.810. The average molecular weight is 240 g/mol. The molecule has 0 saturated heterocycles. The molecule has 0 heterocycles. The molecule has 3 nitrogen and oxygen atoms in total. The van der Waals surface area contributed by atoms with E-state index >= 15 is 0 Å². The van der Waals surface area contributed by atoms with E-state index in [0.29, 0.717) is 19.0 Å². The average Bonchev–Trinajstić information content (AvgIpc) is 3.16. The molecule has 1 saturated carbocycles. The zero-order chi connectivity index (χ0) is 12.5. The topological polar surface area (TPSA) is 44.1 Å². The van der Waals surface area contributed by atoms with Crippen LogP contribution in [0, 0.1) is 11.3 Å². The molecule has 0 radical (unpaired) electrons. The van der Waals surface area contributed by atoms with Crippen LogP contribution in [0.3, 0.4) is 0 Å². The van der Waals surface area contributed by atoms with Gasteiger partial charge < -0.3 is 4.90 Å². The van der Waals surface area contributed by atoms with Crippen LogP contribution in [0.2, 0.25) is 0 Å². The number of hydrogen-bond donors (Lipinski definition) is 0. The minimum Gasteiger partial charge on any atom is -0.338 e. The first kappa shape index (κ1) is 11.3. The normalized spacial score (nSPS) is 20.5. The van der Waals surface area contributed by atoms with Gasteiger partial charge in [0.2, 0.25) is 5.91 Å². The number of nitrogens with zero attached hydrogens (tertiary/aromatic N) is 2. The molecule has 0 aliphatic heterocycles. The Labute approximate surface area is 107 Å². The van der Waals surface area contributed by atoms with Gasteiger partial charge in [0.25, 0.3) is 0 Å². The van der Waals surface area contributed by atoms with Crippen LogP contribution in [-0.2, 0) is 11.2 Å². The molecule has 1 unspecified atom stereocenters. The molecule has 1 fully saturated rings. The van der Waals surface area contributed by atoms with Crippen molar-refractivity contribution in [2.24, 2.45) is 0 Å². The number of fused-ring (bicyclic) bond motifs is 1. The van der Waals surface area contributed by atoms with Gasteiger partial charge in [0, 0.05) is 12.6 Å². The highest BCUT2D eigenvalue weighted by Crippen LogP contribution is 2.38. The molecule has 2 aliphatic rings. The summed E-state index contributed by atoms with van der Waals surface area (Å²) in [5.74, 6) is 0.270. The summed E-state index contributed by atoms with van der Waals surface area (Å²) in [5.41, 5.74) is 2.48. The summed E-state index contributed by atoms with van der Waals surface area (Å²) in [6.07, 6.45) is 3.51. The van der Waals surface area contributed by atoms with Crippen molar-refractivity contribution < 1.29 is 4.79 Å². The summed E-state index contributed by atoms with van der Waals surface area (Å²) < 4.78 is 0. The monoisotopic (exact) mass is 240 g/mol. The van der Waals surface area contributed by atoms with Gasteiger partial charge in [0.05, 0.1) is 18.4 Å². The molecule has 1 aromatic rings. The maximum atomic E-state index is 12.5. The maximum Gasteiger partial charge on any atom is 0.230 e. The van der Waals surface area contributed by atoms with Crippen molar-refractivity contribution >= 4 is 5.91 Å². The van der Waals surface area contributed by atoms with Gasteiger partial charge in [-0.25, -0.2) is 0 Å². The van der Waals surface area contributed by atoms with E-state index in [0.717, 1.165) is 19.3 Å². The third kappa shape index (κ3) is 1.88. The first-order chi connectivity index (χ1) is 8.81. The third-order valence-electron chi connectivity index (χ3n) is 3.89. The highest BCUT2D eigenvalue weighted by molar-refractivity contribution is 5.87. The summed E-state index contributed by atoms with van der Waals surface area (Å²) in [6.45, 7) is 0.596. The van der Waals surface area contributed by atoms with Crippen LogP contribution < -0.4 is 0 Å². The minimum atomic E-state index is 0.0421. The van der Waals surface area contributed by atoms with E-state index in [4.69, 9.17) is 5.26 Å². The molecule has 0 N–H and O–H groups in total. The molecule has 1 atom stereocenters. The fourth-order valence-electron chi connectivity index (χ4n) is 2.71. The second kappa shape index (κ2) is 4.45. The summed E-state index contributed by atoms with van der Waals surface area (Å²) in [7, 11) is 0. The van der Waals surface area contributed by atoms with Crippen LogP contribution in [0.15, 0.2) is 24.3 Å². The minimum absolute atomic E-state index is 0.0421. The van der Waals surface area contributed by atoms with Crippen LogP contribution in [0.25, 0.3) is 0 Å². The van der Waals surface area contributed by atoms with Crippen molar-refractivity contribution in [1.82, 2.24) is 4.90 Å². The Morgan fingerprint density at radius 1 is 1.39 bits per heavy atom. The van der Waals surface area contributed by atoms with Gasteiger partial charge in [-0.15, -0.1) is 0 Å². The van der Waals surface area contributed by atoms with E-state index in [9.17, 15) is 4.79 Å². The highest BCUT2D eigenvalue weighted by Gasteiger charge is 2.39. The number of benzene rings is 1. The number of carbonyl (C=O) groups excluding carboxylic acids is 1. The van der Waals surface area contributed by atoms with Crippen molar-refractivity contribution in [3.05, 3.63) is 35.4 Å². The van der Waals surface area contributed by atoms with E-state index in [1.54, 1.807) is 0 Å². The fraction of sp³-hybridized carbons (Fsp3) is 0.467. The Morgan fingerprint density at radius 2 is 2.17 bits per heavy atom. The maximum absolute atomic E-state index is 12.5. The standard InChI is InChI=1S/C15H16N2O/c16-8-3-9-17(12-6-7-12)15(18)14-10-11-4-1-2-5-13(11)14/h1-2,4-5,12,14H,3,6-7,9-10H2. The van der Waals surface area contributed by atoms with Crippen molar-refractivity contribution in [2.75, 3.05) is 6.54 Å². The lowest BCUT2D eigenvalue weighted by Crippen LogP contribution is -2.41. The molecule has 2 aliphatic carbocycles. The van der Waals surface area contributed by atoms with E-state index in [1.165, 1.54) is 11.1 Å². The number of nitriles is 1. The lowest BCUT2D eigenvalue weighted by molar-refractivity contribution is -0.133. The van der Waals surface area contributed by atoms with Gasteiger partial charge in [-0.1, -0.05) is 24.3 Å². The van der Waals surface area contributed by atoms with Crippen LogP contribution in [0.1, 0.15) is 36.3 Å². The molecule has 92 valence electrons. The SMILES string of the molecule is N#CCCN(C(=O)C1Cc2ccccc21)C1CC1. The first-order valence-electron chi connectivity index (χ1n) is 6.56. The fourth-order valence-corrected chi connectivity index (χ4v) is 2.71. The predicted octanol–water partition coefficient (Wildman–Crippen LogP) is 2.23. The van der Waals surface area contributed by atoms with E-state index in [1.807, 2.05) is 17.0 Å². The smallest absolute Gasteiger partial charge is 0.230 e. The van der Waals surface area contributed by atoms with Gasteiger partial charge in [-0.05, 0) is 30.4 Å². The third-order valence-corrected chi connectivity index (χ3v) is 3.89. The van der Waals surface area contributed by atoms with Crippen molar-refractivity contribution in [2.45, 2.75) is 37.6 Å². The number of hydrogen-bond acceptors (Lipinski definition) is 2. The summed E-state index contributed by atoms with van der Waals surface area (Å²) in [4.78, 5) is 14.4. The number of carbonyl (C=O) groups is 1. The van der Waals surface area contributed by atoms with Crippen LogP contribution >= 0.6 is 0 Å². The molecule has 3 heteroatoms. The van der Waals surface area contributed by atoms with Crippen molar-refractivity contribution in [3.63, 3.8) is 0 Å². The van der Waals surface area contributed by atoms with Gasteiger partial charge in [-0.3, -0.25) is 4.79 Å². The van der Waals surface area contributed by atoms with E-state index in [2.05, 4.69) is 18.2 Å². The van der Waals surface area contributed by atoms with Crippen LogP contribution in [0.5, 0.6) is 0 Å². The molecule has 1 amide bonds. The first-order valence-corrected chi connectivity index (χ1v) is 6.56.